The van der Waals surface area contributed by atoms with Crippen molar-refractivity contribution < 1.29 is 14.6 Å². The Hall–Kier alpha value is -0.570. The molecule has 0 aliphatic rings. The van der Waals surface area contributed by atoms with Crippen LogP contribution >= 0.6 is 0 Å². The van der Waals surface area contributed by atoms with Crippen LogP contribution in [0.5, 0.6) is 0 Å². The third kappa shape index (κ3) is 4.34. The lowest BCUT2D eigenvalue weighted by Crippen LogP contribution is -2.34. The second-order valence-electron chi connectivity index (χ2n) is 3.37. The van der Waals surface area contributed by atoms with Gasteiger partial charge in [-0.25, -0.2) is 4.79 Å². The number of carboxylic acids is 1. The summed E-state index contributed by atoms with van der Waals surface area (Å²) in [5, 5.41) is 8.67. The van der Waals surface area contributed by atoms with Crippen molar-refractivity contribution >= 4 is 5.97 Å². The quantitative estimate of drug-likeness (QED) is 0.627. The fraction of sp³-hybridized carbons (Fsp3) is 0.889. The van der Waals surface area contributed by atoms with E-state index in [1.54, 1.807) is 13.8 Å². The monoisotopic (exact) mass is 174 g/mol. The maximum absolute atomic E-state index is 10.6. The van der Waals surface area contributed by atoms with Gasteiger partial charge < -0.3 is 9.84 Å². The second kappa shape index (κ2) is 5.14. The van der Waals surface area contributed by atoms with Gasteiger partial charge in [0.1, 0.15) is 0 Å². The number of unbranched alkanes of at least 4 members (excludes halogenated alkanes) is 2. The van der Waals surface area contributed by atoms with Gasteiger partial charge >= 0.3 is 5.97 Å². The molecule has 0 heterocycles. The molecule has 0 aromatic carbocycles. The van der Waals surface area contributed by atoms with E-state index in [1.807, 2.05) is 0 Å². The molecule has 0 amide bonds. The summed E-state index contributed by atoms with van der Waals surface area (Å²) in [6.45, 7) is 5.78. The van der Waals surface area contributed by atoms with Gasteiger partial charge in [-0.1, -0.05) is 19.8 Å². The van der Waals surface area contributed by atoms with Crippen LogP contribution in [-0.2, 0) is 9.53 Å². The second-order valence-corrected chi connectivity index (χ2v) is 3.37. The molecule has 0 aromatic heterocycles. The first kappa shape index (κ1) is 11.4. The number of hydrogen-bond donors (Lipinski definition) is 1. The van der Waals surface area contributed by atoms with Crippen molar-refractivity contribution in [2.75, 3.05) is 6.61 Å². The van der Waals surface area contributed by atoms with Gasteiger partial charge in [0.05, 0.1) is 0 Å². The molecule has 0 bridgehead atoms. The van der Waals surface area contributed by atoms with E-state index in [-0.39, 0.29) is 0 Å². The standard InChI is InChI=1S/C9H18O3/c1-4-5-6-7-12-9(2,3)8(10)11/h4-7H2,1-3H3,(H,10,11). The van der Waals surface area contributed by atoms with Crippen molar-refractivity contribution in [1.29, 1.82) is 0 Å². The number of carbonyl (C=O) groups is 1. The van der Waals surface area contributed by atoms with E-state index in [9.17, 15) is 4.79 Å². The third-order valence-electron chi connectivity index (χ3n) is 1.73. The molecular formula is C9H18O3. The molecular weight excluding hydrogens is 156 g/mol. The average Bonchev–Trinajstić information content (AvgIpc) is 1.98. The van der Waals surface area contributed by atoms with Crippen LogP contribution < -0.4 is 0 Å². The minimum atomic E-state index is -1.03. The average molecular weight is 174 g/mol. The number of hydrogen-bond acceptors (Lipinski definition) is 2. The van der Waals surface area contributed by atoms with Gasteiger partial charge in [0.25, 0.3) is 0 Å². The van der Waals surface area contributed by atoms with E-state index < -0.39 is 11.6 Å². The van der Waals surface area contributed by atoms with Crippen LogP contribution in [0.3, 0.4) is 0 Å². The lowest BCUT2D eigenvalue weighted by molar-refractivity contribution is -0.161. The lowest BCUT2D eigenvalue weighted by atomic mass is 10.1. The van der Waals surface area contributed by atoms with Crippen LogP contribution in [0.15, 0.2) is 0 Å². The molecule has 0 atom stereocenters. The van der Waals surface area contributed by atoms with Crippen molar-refractivity contribution in [3.8, 4) is 0 Å². The van der Waals surface area contributed by atoms with Crippen LogP contribution in [0.2, 0.25) is 0 Å². The zero-order valence-electron chi connectivity index (χ0n) is 8.09. The highest BCUT2D eigenvalue weighted by Crippen LogP contribution is 2.10. The minimum absolute atomic E-state index is 0.535. The van der Waals surface area contributed by atoms with Gasteiger partial charge in [-0.05, 0) is 20.3 Å². The van der Waals surface area contributed by atoms with Gasteiger partial charge in [0, 0.05) is 6.61 Å². The Balaban J connectivity index is 3.54. The van der Waals surface area contributed by atoms with Crippen LogP contribution in [-0.4, -0.2) is 23.3 Å². The van der Waals surface area contributed by atoms with Gasteiger partial charge in [0.15, 0.2) is 5.60 Å². The summed E-state index contributed by atoms with van der Waals surface area (Å²) in [6, 6.07) is 0. The Morgan fingerprint density at radius 1 is 1.42 bits per heavy atom. The molecule has 0 aliphatic heterocycles. The molecule has 0 aromatic rings. The van der Waals surface area contributed by atoms with E-state index in [0.717, 1.165) is 19.3 Å². The fourth-order valence-corrected chi connectivity index (χ4v) is 0.741. The fourth-order valence-electron chi connectivity index (χ4n) is 0.741. The van der Waals surface area contributed by atoms with Gasteiger partial charge in [-0.3, -0.25) is 0 Å². The molecule has 0 fully saturated rings. The first-order valence-electron chi connectivity index (χ1n) is 4.38. The summed E-state index contributed by atoms with van der Waals surface area (Å²) in [5.74, 6) is -0.904. The normalized spacial score (nSPS) is 11.6. The molecule has 0 spiro atoms. The number of aliphatic carboxylic acids is 1. The highest BCUT2D eigenvalue weighted by molar-refractivity contribution is 5.76. The van der Waals surface area contributed by atoms with Crippen molar-refractivity contribution in [3.05, 3.63) is 0 Å². The number of ether oxygens (including phenoxy) is 1. The molecule has 3 nitrogen and oxygen atoms in total. The number of carboxylic acid groups (broad SMARTS) is 1. The summed E-state index contributed by atoms with van der Waals surface area (Å²) in [7, 11) is 0. The van der Waals surface area contributed by atoms with E-state index in [0.29, 0.717) is 6.61 Å². The zero-order valence-corrected chi connectivity index (χ0v) is 8.09. The van der Waals surface area contributed by atoms with Crippen molar-refractivity contribution in [2.45, 2.75) is 45.6 Å². The van der Waals surface area contributed by atoms with Crippen molar-refractivity contribution in [2.24, 2.45) is 0 Å². The first-order valence-corrected chi connectivity index (χ1v) is 4.38. The summed E-state index contributed by atoms with van der Waals surface area (Å²) >= 11 is 0. The van der Waals surface area contributed by atoms with E-state index in [1.165, 1.54) is 0 Å². The van der Waals surface area contributed by atoms with Crippen molar-refractivity contribution in [1.82, 2.24) is 0 Å². The Labute approximate surface area is 73.7 Å². The van der Waals surface area contributed by atoms with E-state index >= 15 is 0 Å². The molecule has 1 N–H and O–H groups in total. The number of rotatable bonds is 6. The molecule has 12 heavy (non-hydrogen) atoms. The van der Waals surface area contributed by atoms with E-state index in [4.69, 9.17) is 9.84 Å². The molecule has 0 aliphatic carbocycles. The summed E-state index contributed by atoms with van der Waals surface area (Å²) in [5.41, 5.74) is -1.03. The molecule has 0 saturated carbocycles. The largest absolute Gasteiger partial charge is 0.479 e. The minimum Gasteiger partial charge on any atom is -0.479 e. The molecule has 3 heteroatoms. The molecule has 0 saturated heterocycles. The zero-order chi connectivity index (χ0) is 9.61. The highest BCUT2D eigenvalue weighted by atomic mass is 16.5. The van der Waals surface area contributed by atoms with Gasteiger partial charge in [-0.15, -0.1) is 0 Å². The van der Waals surface area contributed by atoms with E-state index in [2.05, 4.69) is 6.92 Å². The predicted octanol–water partition coefficient (Wildman–Crippen LogP) is 2.06. The lowest BCUT2D eigenvalue weighted by Gasteiger charge is -2.19. The van der Waals surface area contributed by atoms with Crippen LogP contribution in [0.25, 0.3) is 0 Å². The summed E-state index contributed by atoms with van der Waals surface area (Å²) in [4.78, 5) is 10.6. The smallest absolute Gasteiger partial charge is 0.335 e. The molecule has 72 valence electrons. The Bertz CT molecular complexity index is 141. The first-order chi connectivity index (χ1) is 5.50. The molecule has 0 rings (SSSR count). The Kier molecular flexibility index (Phi) is 4.90. The van der Waals surface area contributed by atoms with Crippen LogP contribution in [0, 0.1) is 0 Å². The highest BCUT2D eigenvalue weighted by Gasteiger charge is 2.27. The Morgan fingerprint density at radius 2 is 2.00 bits per heavy atom. The van der Waals surface area contributed by atoms with Crippen LogP contribution in [0.1, 0.15) is 40.0 Å². The van der Waals surface area contributed by atoms with Crippen LogP contribution in [0.4, 0.5) is 0 Å². The SMILES string of the molecule is CCCCCOC(C)(C)C(=O)O. The van der Waals surface area contributed by atoms with Gasteiger partial charge in [-0.2, -0.15) is 0 Å². The maximum Gasteiger partial charge on any atom is 0.335 e. The summed E-state index contributed by atoms with van der Waals surface area (Å²) in [6.07, 6.45) is 3.15. The maximum atomic E-state index is 10.6. The predicted molar refractivity (Wildman–Crippen MR) is 47.2 cm³/mol. The topological polar surface area (TPSA) is 46.5 Å². The Morgan fingerprint density at radius 3 is 2.42 bits per heavy atom. The molecule has 0 radical (unpaired) electrons. The third-order valence-corrected chi connectivity index (χ3v) is 1.73. The summed E-state index contributed by atoms with van der Waals surface area (Å²) < 4.78 is 5.19. The van der Waals surface area contributed by atoms with Crippen molar-refractivity contribution in [3.63, 3.8) is 0 Å². The molecule has 0 unspecified atom stereocenters. The van der Waals surface area contributed by atoms with Gasteiger partial charge in [0.2, 0.25) is 0 Å².